The van der Waals surface area contributed by atoms with E-state index in [9.17, 15) is 0 Å². The molecule has 1 aromatic rings. The van der Waals surface area contributed by atoms with Crippen LogP contribution < -0.4 is 10.2 Å². The molecule has 3 nitrogen and oxygen atoms in total. The van der Waals surface area contributed by atoms with Gasteiger partial charge in [-0.3, -0.25) is 0 Å². The zero-order valence-corrected chi connectivity index (χ0v) is 9.87. The molecule has 1 saturated carbocycles. The smallest absolute Gasteiger partial charge is 0.133 e. The predicted molar refractivity (Wildman–Crippen MR) is 65.6 cm³/mol. The van der Waals surface area contributed by atoms with Gasteiger partial charge in [0, 0.05) is 37.4 Å². The Bertz CT molecular complexity index is 385. The van der Waals surface area contributed by atoms with E-state index in [4.69, 9.17) is 4.98 Å². The van der Waals surface area contributed by atoms with E-state index in [-0.39, 0.29) is 0 Å². The number of aromatic nitrogens is 1. The van der Waals surface area contributed by atoms with Gasteiger partial charge in [-0.2, -0.15) is 0 Å². The van der Waals surface area contributed by atoms with Crippen molar-refractivity contribution < 1.29 is 0 Å². The lowest BCUT2D eigenvalue weighted by Crippen LogP contribution is -2.31. The highest BCUT2D eigenvalue weighted by atomic mass is 15.2. The summed E-state index contributed by atoms with van der Waals surface area (Å²) in [5.74, 6) is 2.14. The van der Waals surface area contributed by atoms with E-state index in [0.717, 1.165) is 31.2 Å². The van der Waals surface area contributed by atoms with Crippen LogP contribution in [-0.2, 0) is 6.54 Å². The van der Waals surface area contributed by atoms with Crippen molar-refractivity contribution in [3.05, 3.63) is 23.4 Å². The Morgan fingerprint density at radius 1 is 1.44 bits per heavy atom. The summed E-state index contributed by atoms with van der Waals surface area (Å²) < 4.78 is 0. The summed E-state index contributed by atoms with van der Waals surface area (Å²) in [4.78, 5) is 7.19. The molecule has 3 rings (SSSR count). The van der Waals surface area contributed by atoms with Gasteiger partial charge in [0.05, 0.1) is 0 Å². The molecule has 0 bridgehead atoms. The topological polar surface area (TPSA) is 28.2 Å². The predicted octanol–water partition coefficient (Wildman–Crippen LogP) is 1.71. The third-order valence-electron chi connectivity index (χ3n) is 3.44. The SMILES string of the molecule is Cc1ccc2c(n1)N(CC1CC1)CCNC2. The Hall–Kier alpha value is -1.09. The normalized spacial score (nSPS) is 20.4. The summed E-state index contributed by atoms with van der Waals surface area (Å²) >= 11 is 0. The molecule has 86 valence electrons. The van der Waals surface area contributed by atoms with Crippen LogP contribution in [0.1, 0.15) is 24.1 Å². The fourth-order valence-electron chi connectivity index (χ4n) is 2.32. The lowest BCUT2D eigenvalue weighted by molar-refractivity contribution is 0.667. The van der Waals surface area contributed by atoms with Gasteiger partial charge >= 0.3 is 0 Å². The molecule has 0 aromatic carbocycles. The maximum absolute atomic E-state index is 4.72. The van der Waals surface area contributed by atoms with E-state index in [1.807, 2.05) is 0 Å². The molecular formula is C13H19N3. The zero-order valence-electron chi connectivity index (χ0n) is 9.87. The number of rotatable bonds is 2. The molecule has 0 amide bonds. The second kappa shape index (κ2) is 4.06. The Morgan fingerprint density at radius 3 is 3.12 bits per heavy atom. The van der Waals surface area contributed by atoms with Gasteiger partial charge in [-0.1, -0.05) is 6.07 Å². The number of nitrogens with zero attached hydrogens (tertiary/aromatic N) is 2. The molecule has 0 saturated heterocycles. The second-order valence-electron chi connectivity index (χ2n) is 5.00. The first-order valence-corrected chi connectivity index (χ1v) is 6.25. The van der Waals surface area contributed by atoms with Crippen LogP contribution in [0.3, 0.4) is 0 Å². The van der Waals surface area contributed by atoms with E-state index in [2.05, 4.69) is 29.3 Å². The highest BCUT2D eigenvalue weighted by Gasteiger charge is 2.26. The van der Waals surface area contributed by atoms with Crippen molar-refractivity contribution in [3.8, 4) is 0 Å². The summed E-state index contributed by atoms with van der Waals surface area (Å²) in [5.41, 5.74) is 2.48. The van der Waals surface area contributed by atoms with E-state index in [0.29, 0.717) is 0 Å². The van der Waals surface area contributed by atoms with Gasteiger partial charge in [0.1, 0.15) is 5.82 Å². The molecule has 0 atom stereocenters. The summed E-state index contributed by atoms with van der Waals surface area (Å²) in [7, 11) is 0. The Morgan fingerprint density at radius 2 is 2.31 bits per heavy atom. The average molecular weight is 217 g/mol. The van der Waals surface area contributed by atoms with Crippen LogP contribution in [0, 0.1) is 12.8 Å². The van der Waals surface area contributed by atoms with Crippen molar-refractivity contribution in [1.82, 2.24) is 10.3 Å². The van der Waals surface area contributed by atoms with Crippen molar-refractivity contribution in [2.45, 2.75) is 26.3 Å². The summed E-state index contributed by atoms with van der Waals surface area (Å²) in [6.45, 7) is 6.41. The summed E-state index contributed by atoms with van der Waals surface area (Å²) in [6, 6.07) is 4.33. The molecule has 1 aliphatic heterocycles. The van der Waals surface area contributed by atoms with Crippen molar-refractivity contribution in [2.24, 2.45) is 5.92 Å². The van der Waals surface area contributed by atoms with Crippen LogP contribution in [0.15, 0.2) is 12.1 Å². The molecular weight excluding hydrogens is 198 g/mol. The fraction of sp³-hybridized carbons (Fsp3) is 0.615. The number of pyridine rings is 1. The van der Waals surface area contributed by atoms with Gasteiger partial charge in [0.15, 0.2) is 0 Å². The first kappa shape index (κ1) is 10.1. The van der Waals surface area contributed by atoms with Crippen LogP contribution in [0.4, 0.5) is 5.82 Å². The average Bonchev–Trinajstić information content (AvgIpc) is 3.08. The number of fused-ring (bicyclic) bond motifs is 1. The van der Waals surface area contributed by atoms with Gasteiger partial charge in [0.25, 0.3) is 0 Å². The van der Waals surface area contributed by atoms with Crippen molar-refractivity contribution >= 4 is 5.82 Å². The Labute approximate surface area is 96.9 Å². The molecule has 2 heterocycles. The van der Waals surface area contributed by atoms with Crippen molar-refractivity contribution in [3.63, 3.8) is 0 Å². The lowest BCUT2D eigenvalue weighted by atomic mass is 10.2. The Kier molecular flexibility index (Phi) is 2.56. The standard InChI is InChI=1S/C13H19N3/c1-10-2-5-12-8-14-6-7-16(13(12)15-10)9-11-3-4-11/h2,5,11,14H,3-4,6-9H2,1H3. The summed E-state index contributed by atoms with van der Waals surface area (Å²) in [5, 5.41) is 3.46. The van der Waals surface area contributed by atoms with Crippen LogP contribution in [0.25, 0.3) is 0 Å². The molecule has 1 N–H and O–H groups in total. The highest BCUT2D eigenvalue weighted by Crippen LogP contribution is 2.32. The van der Waals surface area contributed by atoms with Gasteiger partial charge in [-0.15, -0.1) is 0 Å². The van der Waals surface area contributed by atoms with Crippen LogP contribution in [0.2, 0.25) is 0 Å². The van der Waals surface area contributed by atoms with Crippen molar-refractivity contribution in [2.75, 3.05) is 24.5 Å². The number of hydrogen-bond acceptors (Lipinski definition) is 3. The molecule has 0 spiro atoms. The number of hydrogen-bond donors (Lipinski definition) is 1. The molecule has 3 heteroatoms. The first-order valence-electron chi connectivity index (χ1n) is 6.25. The first-order chi connectivity index (χ1) is 7.83. The van der Waals surface area contributed by atoms with E-state index >= 15 is 0 Å². The maximum atomic E-state index is 4.72. The zero-order chi connectivity index (χ0) is 11.0. The molecule has 1 aromatic heterocycles. The minimum Gasteiger partial charge on any atom is -0.355 e. The van der Waals surface area contributed by atoms with Crippen LogP contribution in [0.5, 0.6) is 0 Å². The van der Waals surface area contributed by atoms with Crippen LogP contribution >= 0.6 is 0 Å². The van der Waals surface area contributed by atoms with Gasteiger partial charge in [-0.05, 0) is 31.7 Å². The third kappa shape index (κ3) is 2.05. The quantitative estimate of drug-likeness (QED) is 0.817. The number of anilines is 1. The molecule has 0 unspecified atom stereocenters. The third-order valence-corrected chi connectivity index (χ3v) is 3.44. The number of aryl methyl sites for hydroxylation is 1. The van der Waals surface area contributed by atoms with E-state index < -0.39 is 0 Å². The maximum Gasteiger partial charge on any atom is 0.133 e. The minimum atomic E-state index is 0.924. The molecule has 0 radical (unpaired) electrons. The monoisotopic (exact) mass is 217 g/mol. The molecule has 1 aliphatic carbocycles. The Balaban J connectivity index is 1.90. The van der Waals surface area contributed by atoms with Crippen molar-refractivity contribution in [1.29, 1.82) is 0 Å². The fourth-order valence-corrected chi connectivity index (χ4v) is 2.32. The number of nitrogens with one attached hydrogen (secondary N) is 1. The van der Waals surface area contributed by atoms with Gasteiger partial charge < -0.3 is 10.2 Å². The highest BCUT2D eigenvalue weighted by molar-refractivity contribution is 5.48. The lowest BCUT2D eigenvalue weighted by Gasteiger charge is -2.23. The minimum absolute atomic E-state index is 0.924. The largest absolute Gasteiger partial charge is 0.355 e. The summed E-state index contributed by atoms with van der Waals surface area (Å²) in [6.07, 6.45) is 2.82. The molecule has 1 fully saturated rings. The van der Waals surface area contributed by atoms with Gasteiger partial charge in [0.2, 0.25) is 0 Å². The van der Waals surface area contributed by atoms with E-state index in [1.165, 1.54) is 30.8 Å². The van der Waals surface area contributed by atoms with Gasteiger partial charge in [-0.25, -0.2) is 4.98 Å². The molecule has 16 heavy (non-hydrogen) atoms. The van der Waals surface area contributed by atoms with E-state index in [1.54, 1.807) is 0 Å². The second-order valence-corrected chi connectivity index (χ2v) is 5.00. The van der Waals surface area contributed by atoms with Crippen LogP contribution in [-0.4, -0.2) is 24.6 Å². The molecule has 2 aliphatic rings.